The number of hydrogen-bond donors (Lipinski definition) is 0. The van der Waals surface area contributed by atoms with Gasteiger partial charge in [-0.1, -0.05) is 32.0 Å². The Labute approximate surface area is 205 Å². The van der Waals surface area contributed by atoms with E-state index in [1.807, 2.05) is 39.0 Å². The number of piperidine rings is 1. The maximum atomic E-state index is 13.8. The highest BCUT2D eigenvalue weighted by atomic mass is 16.6. The standard InChI is InChI=1S/C28H43N3O3/c1-21(2)22-11-13-23(14-12-22)29-17-15-28(16-18-29)26(33)30(19-25(32)34-27(3,4)5)20-31(28)24-9-7-6-8-10-24/h6-10,21-23H,11-20H2,1-5H3/t22-,23+. The Morgan fingerprint density at radius 1 is 1.06 bits per heavy atom. The Kier molecular flexibility index (Phi) is 7.28. The van der Waals surface area contributed by atoms with Gasteiger partial charge in [0.05, 0.1) is 6.67 Å². The molecule has 6 nitrogen and oxygen atoms in total. The van der Waals surface area contributed by atoms with Crippen LogP contribution in [0.3, 0.4) is 0 Å². The number of carbonyl (C=O) groups is 2. The number of hydrogen-bond acceptors (Lipinski definition) is 5. The molecule has 34 heavy (non-hydrogen) atoms. The van der Waals surface area contributed by atoms with Gasteiger partial charge in [-0.3, -0.25) is 9.59 Å². The third-order valence-corrected chi connectivity index (χ3v) is 8.15. The van der Waals surface area contributed by atoms with Crippen LogP contribution in [0.4, 0.5) is 5.69 Å². The van der Waals surface area contributed by atoms with Gasteiger partial charge in [-0.15, -0.1) is 0 Å². The smallest absolute Gasteiger partial charge is 0.326 e. The van der Waals surface area contributed by atoms with E-state index in [0.717, 1.165) is 43.5 Å². The summed E-state index contributed by atoms with van der Waals surface area (Å²) in [4.78, 5) is 33.0. The molecule has 2 heterocycles. The van der Waals surface area contributed by atoms with Crippen molar-refractivity contribution in [3.63, 3.8) is 0 Å². The lowest BCUT2D eigenvalue weighted by atomic mass is 9.78. The largest absolute Gasteiger partial charge is 0.459 e. The third kappa shape index (κ3) is 5.27. The van der Waals surface area contributed by atoms with E-state index >= 15 is 0 Å². The Morgan fingerprint density at radius 3 is 2.24 bits per heavy atom. The second kappa shape index (κ2) is 9.88. The summed E-state index contributed by atoms with van der Waals surface area (Å²) in [6.45, 7) is 12.6. The van der Waals surface area contributed by atoms with Crippen molar-refractivity contribution in [3.8, 4) is 0 Å². The minimum atomic E-state index is -0.574. The first-order valence-electron chi connectivity index (χ1n) is 13.2. The maximum absolute atomic E-state index is 13.8. The van der Waals surface area contributed by atoms with Crippen LogP contribution < -0.4 is 4.90 Å². The zero-order chi connectivity index (χ0) is 24.5. The van der Waals surface area contributed by atoms with E-state index in [4.69, 9.17) is 4.74 Å². The Bertz CT molecular complexity index is 847. The van der Waals surface area contributed by atoms with Crippen LogP contribution in [0.1, 0.15) is 73.1 Å². The first-order valence-corrected chi connectivity index (χ1v) is 13.2. The summed E-state index contributed by atoms with van der Waals surface area (Å²) in [5, 5.41) is 0. The Hall–Kier alpha value is -2.08. The number of carbonyl (C=O) groups excluding carboxylic acids is 2. The molecule has 2 saturated heterocycles. The molecule has 1 saturated carbocycles. The molecule has 4 rings (SSSR count). The predicted octanol–water partition coefficient (Wildman–Crippen LogP) is 4.68. The van der Waals surface area contributed by atoms with E-state index in [-0.39, 0.29) is 18.4 Å². The van der Waals surface area contributed by atoms with Crippen LogP contribution in [0.25, 0.3) is 0 Å². The Balaban J connectivity index is 1.47. The number of ether oxygens (including phenoxy) is 1. The van der Waals surface area contributed by atoms with Gasteiger partial charge in [0.2, 0.25) is 0 Å². The molecule has 2 aliphatic heterocycles. The number of esters is 1. The molecule has 1 amide bonds. The first-order chi connectivity index (χ1) is 16.1. The van der Waals surface area contributed by atoms with Crippen molar-refractivity contribution < 1.29 is 14.3 Å². The van der Waals surface area contributed by atoms with Crippen molar-refractivity contribution in [2.75, 3.05) is 31.2 Å². The van der Waals surface area contributed by atoms with E-state index in [9.17, 15) is 9.59 Å². The molecule has 1 aromatic rings. The highest BCUT2D eigenvalue weighted by Gasteiger charge is 2.54. The van der Waals surface area contributed by atoms with Gasteiger partial charge in [0, 0.05) is 24.8 Å². The van der Waals surface area contributed by atoms with Gasteiger partial charge in [0.15, 0.2) is 0 Å². The lowest BCUT2D eigenvalue weighted by Crippen LogP contribution is -2.58. The number of nitrogens with zero attached hydrogens (tertiary/aromatic N) is 3. The van der Waals surface area contributed by atoms with E-state index < -0.39 is 11.1 Å². The minimum absolute atomic E-state index is 0.00408. The molecule has 188 valence electrons. The SMILES string of the molecule is CC(C)[C@H]1CC[C@@H](N2CCC3(CC2)C(=O)N(CC(=O)OC(C)(C)C)CN3c2ccccc2)CC1. The van der Waals surface area contributed by atoms with E-state index in [2.05, 4.69) is 35.8 Å². The highest BCUT2D eigenvalue weighted by Crippen LogP contribution is 2.41. The van der Waals surface area contributed by atoms with Crippen molar-refractivity contribution in [1.29, 1.82) is 0 Å². The summed E-state index contributed by atoms with van der Waals surface area (Å²) in [6, 6.07) is 10.8. The summed E-state index contributed by atoms with van der Waals surface area (Å²) in [5.41, 5.74) is -0.0839. The monoisotopic (exact) mass is 469 g/mol. The summed E-state index contributed by atoms with van der Waals surface area (Å²) >= 11 is 0. The summed E-state index contributed by atoms with van der Waals surface area (Å²) in [6.07, 6.45) is 6.80. The molecule has 3 aliphatic rings. The summed E-state index contributed by atoms with van der Waals surface area (Å²) < 4.78 is 5.53. The molecule has 0 bridgehead atoms. The average Bonchev–Trinajstić information content (AvgIpc) is 3.05. The van der Waals surface area contributed by atoms with Crippen LogP contribution in [0.5, 0.6) is 0 Å². The van der Waals surface area contributed by atoms with Gasteiger partial charge >= 0.3 is 5.97 Å². The molecule has 1 spiro atoms. The molecule has 0 atom stereocenters. The topological polar surface area (TPSA) is 53.1 Å². The zero-order valence-corrected chi connectivity index (χ0v) is 21.8. The molecule has 0 N–H and O–H groups in total. The quantitative estimate of drug-likeness (QED) is 0.586. The van der Waals surface area contributed by atoms with Gasteiger partial charge in [-0.2, -0.15) is 0 Å². The molecular formula is C28H43N3O3. The lowest BCUT2D eigenvalue weighted by Gasteiger charge is -2.47. The van der Waals surface area contributed by atoms with Crippen molar-refractivity contribution in [2.24, 2.45) is 11.8 Å². The van der Waals surface area contributed by atoms with E-state index in [1.165, 1.54) is 25.7 Å². The lowest BCUT2D eigenvalue weighted by molar-refractivity contribution is -0.158. The zero-order valence-electron chi connectivity index (χ0n) is 21.8. The number of amides is 1. The van der Waals surface area contributed by atoms with Gasteiger partial charge in [-0.05, 0) is 83.3 Å². The van der Waals surface area contributed by atoms with Gasteiger partial charge in [0.1, 0.15) is 17.7 Å². The summed E-state index contributed by atoms with van der Waals surface area (Å²) in [7, 11) is 0. The molecular weight excluding hydrogens is 426 g/mol. The first kappa shape index (κ1) is 25.0. The third-order valence-electron chi connectivity index (χ3n) is 8.15. The van der Waals surface area contributed by atoms with Gasteiger partial charge in [-0.25, -0.2) is 0 Å². The van der Waals surface area contributed by atoms with E-state index in [0.29, 0.717) is 12.7 Å². The number of para-hydroxylation sites is 1. The van der Waals surface area contributed by atoms with Gasteiger partial charge in [0.25, 0.3) is 5.91 Å². The second-order valence-corrected chi connectivity index (χ2v) is 11.9. The molecule has 1 aliphatic carbocycles. The van der Waals surface area contributed by atoms with Crippen molar-refractivity contribution in [3.05, 3.63) is 30.3 Å². The van der Waals surface area contributed by atoms with Gasteiger partial charge < -0.3 is 19.4 Å². The van der Waals surface area contributed by atoms with Crippen molar-refractivity contribution in [2.45, 2.75) is 90.3 Å². The fourth-order valence-electron chi connectivity index (χ4n) is 6.24. The Morgan fingerprint density at radius 2 is 1.68 bits per heavy atom. The molecule has 3 fully saturated rings. The number of likely N-dealkylation sites (tertiary alicyclic amines) is 1. The van der Waals surface area contributed by atoms with Crippen LogP contribution in [-0.2, 0) is 14.3 Å². The fraction of sp³-hybridized carbons (Fsp3) is 0.714. The summed E-state index contributed by atoms with van der Waals surface area (Å²) in [5.74, 6) is 1.37. The van der Waals surface area contributed by atoms with Crippen LogP contribution >= 0.6 is 0 Å². The van der Waals surface area contributed by atoms with E-state index in [1.54, 1.807) is 4.90 Å². The number of rotatable bonds is 5. The van der Waals surface area contributed by atoms with Crippen LogP contribution in [0.2, 0.25) is 0 Å². The molecule has 0 aromatic heterocycles. The van der Waals surface area contributed by atoms with Crippen molar-refractivity contribution >= 4 is 17.6 Å². The number of benzene rings is 1. The molecule has 0 unspecified atom stereocenters. The van der Waals surface area contributed by atoms with Crippen LogP contribution in [0, 0.1) is 11.8 Å². The predicted molar refractivity (Wildman–Crippen MR) is 135 cm³/mol. The normalized spacial score (nSPS) is 25.9. The highest BCUT2D eigenvalue weighted by molar-refractivity contribution is 5.95. The average molecular weight is 470 g/mol. The maximum Gasteiger partial charge on any atom is 0.326 e. The second-order valence-electron chi connectivity index (χ2n) is 11.9. The van der Waals surface area contributed by atoms with Crippen molar-refractivity contribution in [1.82, 2.24) is 9.80 Å². The van der Waals surface area contributed by atoms with Crippen LogP contribution in [-0.4, -0.2) is 65.2 Å². The molecule has 0 radical (unpaired) electrons. The molecule has 6 heteroatoms. The van der Waals surface area contributed by atoms with Crippen LogP contribution in [0.15, 0.2) is 30.3 Å². The molecule has 1 aromatic carbocycles. The number of anilines is 1. The minimum Gasteiger partial charge on any atom is -0.459 e. The fourth-order valence-corrected chi connectivity index (χ4v) is 6.24.